The van der Waals surface area contributed by atoms with E-state index in [-0.39, 0.29) is 46.5 Å². The van der Waals surface area contributed by atoms with Crippen molar-refractivity contribution < 1.29 is 18.7 Å². The molecule has 10 heteroatoms. The number of carbonyl (C=O) groups excluding carboxylic acids is 2. The standard InChI is InChI=1S/C25H33FN6O3/c1-15-4-5-17(14-31(15)2)28-23(33)16-6-9-32(25(12-16)7-8-25)24(34)21-11-20(29-30-21)18-10-22(35-3)27-13-19(18)26/h10-11,13,15-17H,4-9,12,14H2,1-3H3,(H,28,33)(H,29,30)/t15-,16+,17-/m1/s1. The number of H-pyrrole nitrogens is 1. The van der Waals surface area contributed by atoms with Crippen LogP contribution in [0.25, 0.3) is 11.3 Å². The highest BCUT2D eigenvalue weighted by atomic mass is 19.1. The van der Waals surface area contributed by atoms with Gasteiger partial charge in [0.25, 0.3) is 5.91 Å². The number of aromatic nitrogens is 3. The Balaban J connectivity index is 1.24. The number of amides is 2. The van der Waals surface area contributed by atoms with Gasteiger partial charge in [-0.05, 0) is 58.6 Å². The van der Waals surface area contributed by atoms with Gasteiger partial charge in [-0.3, -0.25) is 14.7 Å². The van der Waals surface area contributed by atoms with E-state index >= 15 is 0 Å². The monoisotopic (exact) mass is 484 g/mol. The Morgan fingerprint density at radius 3 is 2.77 bits per heavy atom. The van der Waals surface area contributed by atoms with Gasteiger partial charge in [-0.25, -0.2) is 9.37 Å². The van der Waals surface area contributed by atoms with E-state index in [9.17, 15) is 14.0 Å². The maximum atomic E-state index is 14.3. The third-order valence-electron chi connectivity index (χ3n) is 8.01. The summed E-state index contributed by atoms with van der Waals surface area (Å²) in [4.78, 5) is 34.5. The van der Waals surface area contributed by atoms with Crippen molar-refractivity contribution in [2.24, 2.45) is 5.92 Å². The highest BCUT2D eigenvalue weighted by Crippen LogP contribution is 2.50. The molecule has 3 aliphatic rings. The number of piperidine rings is 2. The maximum absolute atomic E-state index is 14.3. The Morgan fingerprint density at radius 1 is 1.26 bits per heavy atom. The lowest BCUT2D eigenvalue weighted by molar-refractivity contribution is -0.128. The van der Waals surface area contributed by atoms with Gasteiger partial charge >= 0.3 is 0 Å². The van der Waals surface area contributed by atoms with Crippen LogP contribution in [0.15, 0.2) is 18.3 Å². The molecule has 3 fully saturated rings. The van der Waals surface area contributed by atoms with Crippen molar-refractivity contribution in [3.63, 3.8) is 0 Å². The van der Waals surface area contributed by atoms with Crippen molar-refractivity contribution in [3.05, 3.63) is 29.8 Å². The summed E-state index contributed by atoms with van der Waals surface area (Å²) >= 11 is 0. The minimum absolute atomic E-state index is 0.0840. The van der Waals surface area contributed by atoms with E-state index in [1.54, 1.807) is 6.07 Å². The van der Waals surface area contributed by atoms with E-state index < -0.39 is 5.82 Å². The Bertz CT molecular complexity index is 1120. The third-order valence-corrected chi connectivity index (χ3v) is 8.01. The summed E-state index contributed by atoms with van der Waals surface area (Å²) in [6.45, 7) is 3.60. The molecule has 0 unspecified atom stereocenters. The Kier molecular flexibility index (Phi) is 6.25. The van der Waals surface area contributed by atoms with E-state index in [0.29, 0.717) is 31.1 Å². The summed E-state index contributed by atoms with van der Waals surface area (Å²) in [5, 5.41) is 10.2. The number of halogens is 1. The lowest BCUT2D eigenvalue weighted by Crippen LogP contribution is -2.54. The van der Waals surface area contributed by atoms with E-state index in [4.69, 9.17) is 4.74 Å². The van der Waals surface area contributed by atoms with Crippen LogP contribution in [0, 0.1) is 11.7 Å². The molecule has 35 heavy (non-hydrogen) atoms. The molecule has 2 saturated heterocycles. The van der Waals surface area contributed by atoms with E-state index in [0.717, 1.165) is 38.4 Å². The van der Waals surface area contributed by atoms with Crippen molar-refractivity contribution in [2.75, 3.05) is 27.2 Å². The fourth-order valence-corrected chi connectivity index (χ4v) is 5.52. The Morgan fingerprint density at radius 2 is 2.06 bits per heavy atom. The van der Waals surface area contributed by atoms with Gasteiger partial charge in [-0.15, -0.1) is 0 Å². The second kappa shape index (κ2) is 9.22. The van der Waals surface area contributed by atoms with Gasteiger partial charge in [-0.1, -0.05) is 0 Å². The van der Waals surface area contributed by atoms with Crippen LogP contribution in [0.2, 0.25) is 0 Å². The second-order valence-electron chi connectivity index (χ2n) is 10.3. The van der Waals surface area contributed by atoms with Crippen molar-refractivity contribution in [2.45, 2.75) is 63.1 Å². The average molecular weight is 485 g/mol. The molecule has 1 saturated carbocycles. The maximum Gasteiger partial charge on any atom is 0.274 e. The molecule has 1 spiro atoms. The zero-order valence-electron chi connectivity index (χ0n) is 20.5. The number of methoxy groups -OCH3 is 1. The van der Waals surface area contributed by atoms with Gasteiger partial charge in [0.15, 0.2) is 11.5 Å². The average Bonchev–Trinajstić information content (AvgIpc) is 3.42. The predicted molar refractivity (Wildman–Crippen MR) is 127 cm³/mol. The number of ether oxygens (including phenoxy) is 1. The molecule has 4 heterocycles. The summed E-state index contributed by atoms with van der Waals surface area (Å²) in [5.74, 6) is -0.416. The van der Waals surface area contributed by atoms with Crippen LogP contribution >= 0.6 is 0 Å². The van der Waals surface area contributed by atoms with Crippen LogP contribution in [0.5, 0.6) is 5.88 Å². The zero-order chi connectivity index (χ0) is 24.7. The van der Waals surface area contributed by atoms with Crippen LogP contribution in [0.3, 0.4) is 0 Å². The molecule has 3 atom stereocenters. The first kappa shape index (κ1) is 23.7. The number of carbonyl (C=O) groups is 2. The normalized spacial score (nSPS) is 25.9. The lowest BCUT2D eigenvalue weighted by Gasteiger charge is -2.40. The molecule has 2 aromatic heterocycles. The van der Waals surface area contributed by atoms with Crippen LogP contribution < -0.4 is 10.1 Å². The zero-order valence-corrected chi connectivity index (χ0v) is 20.5. The molecular formula is C25H33FN6O3. The SMILES string of the molecule is COc1cc(-c2cc(C(=O)N3CC[C@H](C(=O)N[C@@H]4CC[C@@H](C)N(C)C4)CC34CC4)n[nH]2)c(F)cn1. The molecule has 0 aromatic carbocycles. The number of rotatable bonds is 5. The molecule has 2 N–H and O–H groups in total. The highest BCUT2D eigenvalue weighted by Gasteiger charge is 2.54. The number of nitrogens with one attached hydrogen (secondary N) is 2. The Labute approximate surface area is 204 Å². The molecule has 2 amide bonds. The molecule has 2 aromatic rings. The van der Waals surface area contributed by atoms with E-state index in [1.807, 2.05) is 4.90 Å². The number of likely N-dealkylation sites (N-methyl/N-ethyl adjacent to an activating group) is 1. The van der Waals surface area contributed by atoms with Gasteiger partial charge in [0.1, 0.15) is 0 Å². The lowest BCUT2D eigenvalue weighted by atomic mass is 9.87. The minimum atomic E-state index is -0.530. The summed E-state index contributed by atoms with van der Waals surface area (Å²) in [6.07, 6.45) is 6.25. The molecule has 9 nitrogen and oxygen atoms in total. The van der Waals surface area contributed by atoms with Crippen LogP contribution in [0.4, 0.5) is 4.39 Å². The smallest absolute Gasteiger partial charge is 0.274 e. The third kappa shape index (κ3) is 4.63. The van der Waals surface area contributed by atoms with E-state index in [2.05, 4.69) is 39.4 Å². The van der Waals surface area contributed by atoms with Gasteiger partial charge in [0.05, 0.1) is 19.0 Å². The molecular weight excluding hydrogens is 451 g/mol. The van der Waals surface area contributed by atoms with Crippen LogP contribution in [-0.2, 0) is 4.79 Å². The number of hydrogen-bond acceptors (Lipinski definition) is 6. The number of nitrogens with zero attached hydrogens (tertiary/aromatic N) is 4. The second-order valence-corrected chi connectivity index (χ2v) is 10.3. The Hall–Kier alpha value is -3.01. The topological polar surface area (TPSA) is 103 Å². The summed E-state index contributed by atoms with van der Waals surface area (Å²) in [6, 6.07) is 3.77. The first-order valence-electron chi connectivity index (χ1n) is 12.4. The van der Waals surface area contributed by atoms with Gasteiger partial charge in [-0.2, -0.15) is 5.10 Å². The number of hydrogen-bond donors (Lipinski definition) is 2. The molecule has 5 rings (SSSR count). The molecule has 2 aliphatic heterocycles. The number of pyridine rings is 1. The molecule has 1 aliphatic carbocycles. The van der Waals surface area contributed by atoms with Crippen LogP contribution in [0.1, 0.15) is 55.9 Å². The van der Waals surface area contributed by atoms with Gasteiger partial charge < -0.3 is 19.9 Å². The fraction of sp³-hybridized carbons (Fsp3) is 0.600. The number of aromatic amines is 1. The fourth-order valence-electron chi connectivity index (χ4n) is 5.52. The number of likely N-dealkylation sites (tertiary alicyclic amines) is 2. The molecule has 0 radical (unpaired) electrons. The molecule has 188 valence electrons. The first-order valence-corrected chi connectivity index (χ1v) is 12.4. The predicted octanol–water partition coefficient (Wildman–Crippen LogP) is 2.60. The van der Waals surface area contributed by atoms with Crippen molar-refractivity contribution in [3.8, 4) is 17.1 Å². The highest BCUT2D eigenvalue weighted by molar-refractivity contribution is 5.94. The van der Waals surface area contributed by atoms with E-state index in [1.165, 1.54) is 13.2 Å². The van der Waals surface area contributed by atoms with Crippen molar-refractivity contribution in [1.29, 1.82) is 0 Å². The first-order chi connectivity index (χ1) is 16.8. The minimum Gasteiger partial charge on any atom is -0.481 e. The largest absolute Gasteiger partial charge is 0.481 e. The van der Waals surface area contributed by atoms with Crippen molar-refractivity contribution in [1.82, 2.24) is 30.3 Å². The van der Waals surface area contributed by atoms with Gasteiger partial charge in [0.2, 0.25) is 11.8 Å². The van der Waals surface area contributed by atoms with Crippen molar-refractivity contribution >= 4 is 11.8 Å². The van der Waals surface area contributed by atoms with Gasteiger partial charge in [0, 0.05) is 48.3 Å². The van der Waals surface area contributed by atoms with Crippen LogP contribution in [-0.4, -0.2) is 81.7 Å². The quantitative estimate of drug-likeness (QED) is 0.676. The summed E-state index contributed by atoms with van der Waals surface area (Å²) in [5.41, 5.74) is 0.586. The summed E-state index contributed by atoms with van der Waals surface area (Å²) < 4.78 is 19.4. The molecule has 0 bridgehead atoms. The summed E-state index contributed by atoms with van der Waals surface area (Å²) in [7, 11) is 3.56.